The fourth-order valence-corrected chi connectivity index (χ4v) is 6.75. The van der Waals surface area contributed by atoms with Crippen molar-refractivity contribution in [3.05, 3.63) is 94.8 Å². The van der Waals surface area contributed by atoms with E-state index >= 15 is 0 Å². The Morgan fingerprint density at radius 2 is 1.52 bits per heavy atom. The van der Waals surface area contributed by atoms with Gasteiger partial charge in [0.15, 0.2) is 0 Å². The smallest absolute Gasteiger partial charge is 0.264 e. The first kappa shape index (κ1) is 31.2. The first-order valence-electron chi connectivity index (χ1n) is 14.5. The Balaban J connectivity index is 1.70. The molecule has 3 aromatic rings. The van der Waals surface area contributed by atoms with Crippen molar-refractivity contribution in [3.63, 3.8) is 0 Å². The van der Waals surface area contributed by atoms with E-state index in [4.69, 9.17) is 0 Å². The summed E-state index contributed by atoms with van der Waals surface area (Å²) < 4.78 is 42.9. The van der Waals surface area contributed by atoms with Crippen molar-refractivity contribution in [2.75, 3.05) is 10.8 Å². The van der Waals surface area contributed by atoms with Gasteiger partial charge < -0.3 is 10.2 Å². The van der Waals surface area contributed by atoms with Gasteiger partial charge in [0.25, 0.3) is 10.0 Å². The van der Waals surface area contributed by atoms with E-state index in [1.807, 2.05) is 26.0 Å². The Labute approximate surface area is 248 Å². The summed E-state index contributed by atoms with van der Waals surface area (Å²) in [6.45, 7) is 6.69. The maximum atomic E-state index is 14.1. The van der Waals surface area contributed by atoms with Crippen molar-refractivity contribution in [2.24, 2.45) is 0 Å². The van der Waals surface area contributed by atoms with Crippen LogP contribution in [0.2, 0.25) is 0 Å². The molecule has 1 N–H and O–H groups in total. The average Bonchev–Trinajstić information content (AvgIpc) is 2.97. The predicted octanol–water partition coefficient (Wildman–Crippen LogP) is 5.81. The Morgan fingerprint density at radius 1 is 0.905 bits per heavy atom. The molecule has 1 aliphatic carbocycles. The molecule has 2 amide bonds. The summed E-state index contributed by atoms with van der Waals surface area (Å²) in [6, 6.07) is 16.8. The second-order valence-corrected chi connectivity index (χ2v) is 13.1. The number of aryl methyl sites for hydroxylation is 3. The number of hydrogen-bond acceptors (Lipinski definition) is 4. The van der Waals surface area contributed by atoms with E-state index in [0.29, 0.717) is 16.8 Å². The van der Waals surface area contributed by atoms with Crippen LogP contribution in [0, 0.1) is 26.6 Å². The Hall–Kier alpha value is -3.72. The summed E-state index contributed by atoms with van der Waals surface area (Å²) in [7, 11) is -4.15. The molecule has 0 saturated heterocycles. The third-order valence-electron chi connectivity index (χ3n) is 7.91. The minimum absolute atomic E-state index is 0.0174. The molecule has 0 aromatic heterocycles. The maximum absolute atomic E-state index is 14.1. The van der Waals surface area contributed by atoms with E-state index in [-0.39, 0.29) is 23.4 Å². The predicted molar refractivity (Wildman–Crippen MR) is 163 cm³/mol. The van der Waals surface area contributed by atoms with Gasteiger partial charge in [0, 0.05) is 12.6 Å². The van der Waals surface area contributed by atoms with E-state index in [1.54, 1.807) is 44.2 Å². The number of carbonyl (C=O) groups is 2. The zero-order valence-electron chi connectivity index (χ0n) is 24.8. The molecule has 3 aromatic carbocycles. The molecule has 7 nitrogen and oxygen atoms in total. The molecule has 0 spiro atoms. The summed E-state index contributed by atoms with van der Waals surface area (Å²) in [5.41, 5.74) is 3.46. The van der Waals surface area contributed by atoms with Gasteiger partial charge in [-0.1, -0.05) is 61.2 Å². The van der Waals surface area contributed by atoms with Crippen LogP contribution in [-0.4, -0.2) is 43.8 Å². The standard InChI is InChI=1S/C33H40FN3O4S/c1-23-11-18-30(19-12-23)42(40,41)37(31-20-24(2)10-13-25(31)3)22-32(38)36(21-27-14-16-28(34)17-15-27)26(4)33(39)35-29-8-6-5-7-9-29/h10-20,26,29H,5-9,21-22H2,1-4H3,(H,35,39)/t26-/m0/s1. The van der Waals surface area contributed by atoms with E-state index < -0.39 is 34.3 Å². The number of halogens is 1. The first-order valence-corrected chi connectivity index (χ1v) is 15.9. The van der Waals surface area contributed by atoms with Crippen molar-refractivity contribution in [1.29, 1.82) is 0 Å². The lowest BCUT2D eigenvalue weighted by molar-refractivity contribution is -0.139. The van der Waals surface area contributed by atoms with Gasteiger partial charge in [-0.3, -0.25) is 13.9 Å². The van der Waals surface area contributed by atoms with Crippen molar-refractivity contribution in [3.8, 4) is 0 Å². The fourth-order valence-electron chi connectivity index (χ4n) is 5.28. The van der Waals surface area contributed by atoms with Crippen LogP contribution in [0.15, 0.2) is 71.6 Å². The largest absolute Gasteiger partial charge is 0.352 e. The molecule has 9 heteroatoms. The third-order valence-corrected chi connectivity index (χ3v) is 9.68. The number of amides is 2. The molecule has 0 unspecified atom stereocenters. The van der Waals surface area contributed by atoms with Gasteiger partial charge in [-0.25, -0.2) is 12.8 Å². The van der Waals surface area contributed by atoms with Gasteiger partial charge in [-0.2, -0.15) is 0 Å². The van der Waals surface area contributed by atoms with Gasteiger partial charge in [0.2, 0.25) is 11.8 Å². The topological polar surface area (TPSA) is 86.8 Å². The van der Waals surface area contributed by atoms with Crippen LogP contribution < -0.4 is 9.62 Å². The van der Waals surface area contributed by atoms with E-state index in [0.717, 1.165) is 47.5 Å². The summed E-state index contributed by atoms with van der Waals surface area (Å²) in [6.07, 6.45) is 5.00. The van der Waals surface area contributed by atoms with Crippen LogP contribution in [0.25, 0.3) is 0 Å². The van der Waals surface area contributed by atoms with Crippen molar-refractivity contribution < 1.29 is 22.4 Å². The summed E-state index contributed by atoms with van der Waals surface area (Å²) >= 11 is 0. The minimum atomic E-state index is -4.15. The number of benzene rings is 3. The highest BCUT2D eigenvalue weighted by Crippen LogP contribution is 2.29. The lowest BCUT2D eigenvalue weighted by atomic mass is 9.95. The zero-order chi connectivity index (χ0) is 30.4. The highest BCUT2D eigenvalue weighted by molar-refractivity contribution is 7.92. The van der Waals surface area contributed by atoms with E-state index in [9.17, 15) is 22.4 Å². The molecule has 0 bridgehead atoms. The SMILES string of the molecule is Cc1ccc(S(=O)(=O)N(CC(=O)N(Cc2ccc(F)cc2)[C@@H](C)C(=O)NC2CCCCC2)c2cc(C)ccc2C)cc1. The van der Waals surface area contributed by atoms with Gasteiger partial charge >= 0.3 is 0 Å². The number of hydrogen-bond donors (Lipinski definition) is 1. The first-order chi connectivity index (χ1) is 20.0. The van der Waals surface area contributed by atoms with Crippen LogP contribution in [0.5, 0.6) is 0 Å². The van der Waals surface area contributed by atoms with Gasteiger partial charge in [-0.15, -0.1) is 0 Å². The molecule has 4 rings (SSSR count). The quantitative estimate of drug-likeness (QED) is 0.321. The summed E-state index contributed by atoms with van der Waals surface area (Å²) in [4.78, 5) is 29.0. The number of nitrogens with zero attached hydrogens (tertiary/aromatic N) is 2. The lowest BCUT2D eigenvalue weighted by Crippen LogP contribution is -2.53. The molecule has 224 valence electrons. The third kappa shape index (κ3) is 7.56. The molecule has 1 aliphatic rings. The number of nitrogens with one attached hydrogen (secondary N) is 1. The van der Waals surface area contributed by atoms with Crippen molar-refractivity contribution in [2.45, 2.75) is 83.3 Å². The van der Waals surface area contributed by atoms with Crippen LogP contribution in [-0.2, 0) is 26.2 Å². The van der Waals surface area contributed by atoms with Crippen LogP contribution in [0.3, 0.4) is 0 Å². The van der Waals surface area contributed by atoms with Crippen LogP contribution >= 0.6 is 0 Å². The summed E-state index contributed by atoms with van der Waals surface area (Å²) in [5, 5.41) is 3.09. The molecule has 0 aliphatic heterocycles. The second kappa shape index (κ2) is 13.5. The minimum Gasteiger partial charge on any atom is -0.352 e. The highest BCUT2D eigenvalue weighted by Gasteiger charge is 2.33. The molecule has 1 fully saturated rings. The Kier molecular flexibility index (Phi) is 10.0. The molecule has 1 atom stereocenters. The molecule has 0 heterocycles. The highest BCUT2D eigenvalue weighted by atomic mass is 32.2. The molecule has 42 heavy (non-hydrogen) atoms. The van der Waals surface area contributed by atoms with Gasteiger partial charge in [0.1, 0.15) is 18.4 Å². The van der Waals surface area contributed by atoms with E-state index in [2.05, 4.69) is 5.32 Å². The number of anilines is 1. The normalized spacial score (nSPS) is 14.7. The van der Waals surface area contributed by atoms with Crippen LogP contribution in [0.1, 0.15) is 61.3 Å². The molecular formula is C33H40FN3O4S. The van der Waals surface area contributed by atoms with Gasteiger partial charge in [0.05, 0.1) is 10.6 Å². The molecule has 1 saturated carbocycles. The average molecular weight is 594 g/mol. The Morgan fingerprint density at radius 3 is 2.17 bits per heavy atom. The number of carbonyl (C=O) groups excluding carboxylic acids is 2. The lowest BCUT2D eigenvalue weighted by Gasteiger charge is -2.33. The van der Waals surface area contributed by atoms with Crippen molar-refractivity contribution in [1.82, 2.24) is 10.2 Å². The second-order valence-electron chi connectivity index (χ2n) is 11.3. The maximum Gasteiger partial charge on any atom is 0.264 e. The monoisotopic (exact) mass is 593 g/mol. The number of rotatable bonds is 10. The van der Waals surface area contributed by atoms with Gasteiger partial charge in [-0.05, 0) is 87.6 Å². The van der Waals surface area contributed by atoms with Crippen LogP contribution in [0.4, 0.5) is 10.1 Å². The molecule has 0 radical (unpaired) electrons. The van der Waals surface area contributed by atoms with E-state index in [1.165, 1.54) is 29.2 Å². The fraction of sp³-hybridized carbons (Fsp3) is 0.394. The molecular weight excluding hydrogens is 553 g/mol. The zero-order valence-corrected chi connectivity index (χ0v) is 25.6. The summed E-state index contributed by atoms with van der Waals surface area (Å²) in [5.74, 6) is -1.25. The van der Waals surface area contributed by atoms with Crippen molar-refractivity contribution >= 4 is 27.5 Å². The Bertz CT molecular complexity index is 1500. The number of sulfonamides is 1.